The molecule has 7 heteroatoms. The van der Waals surface area contributed by atoms with Gasteiger partial charge >= 0.3 is 0 Å². The lowest BCUT2D eigenvalue weighted by Gasteiger charge is -2.16. The van der Waals surface area contributed by atoms with Crippen molar-refractivity contribution < 1.29 is 9.90 Å². The average molecular weight is 311 g/mol. The van der Waals surface area contributed by atoms with E-state index in [2.05, 4.69) is 15.4 Å². The Morgan fingerprint density at radius 3 is 2.78 bits per heavy atom. The van der Waals surface area contributed by atoms with Crippen LogP contribution in [0.4, 0.5) is 0 Å². The van der Waals surface area contributed by atoms with Gasteiger partial charge in [-0.2, -0.15) is 5.10 Å². The highest BCUT2D eigenvalue weighted by Crippen LogP contribution is 2.13. The first-order valence-electron chi connectivity index (χ1n) is 7.20. The zero-order chi connectivity index (χ0) is 16.2. The maximum atomic E-state index is 11.3. The smallest absolute Gasteiger partial charge is 0.254 e. The van der Waals surface area contributed by atoms with Crippen LogP contribution in [0.2, 0.25) is 0 Å². The predicted molar refractivity (Wildman–Crippen MR) is 84.6 cm³/mol. The first kappa shape index (κ1) is 15.1. The van der Waals surface area contributed by atoms with E-state index in [9.17, 15) is 9.90 Å². The van der Waals surface area contributed by atoms with Crippen LogP contribution in [0.25, 0.3) is 5.65 Å². The summed E-state index contributed by atoms with van der Waals surface area (Å²) >= 11 is 0. The van der Waals surface area contributed by atoms with Crippen LogP contribution >= 0.6 is 0 Å². The van der Waals surface area contributed by atoms with Crippen molar-refractivity contribution in [2.24, 2.45) is 5.73 Å². The van der Waals surface area contributed by atoms with Gasteiger partial charge in [0, 0.05) is 24.5 Å². The van der Waals surface area contributed by atoms with Gasteiger partial charge in [0.25, 0.3) is 5.91 Å². The topological polar surface area (TPSA) is 106 Å². The fourth-order valence-corrected chi connectivity index (χ4v) is 2.39. The summed E-state index contributed by atoms with van der Waals surface area (Å²) in [6.45, 7) is 0.502. The van der Waals surface area contributed by atoms with Gasteiger partial charge in [0.2, 0.25) is 0 Å². The fraction of sp³-hybridized carbons (Fsp3) is 0.188. The number of primary amides is 1. The molecule has 1 atom stereocenters. The molecule has 0 aliphatic rings. The SMILES string of the molecule is NC(=O)c1cnn2cc(CN[C@@H](CO)c3ccccc3)cnc12. The lowest BCUT2D eigenvalue weighted by atomic mass is 10.1. The molecule has 0 unspecified atom stereocenters. The molecular formula is C16H17N5O2. The minimum absolute atomic E-state index is 0.00667. The highest BCUT2D eigenvalue weighted by Gasteiger charge is 2.12. The summed E-state index contributed by atoms with van der Waals surface area (Å²) in [6, 6.07) is 9.56. The molecule has 23 heavy (non-hydrogen) atoms. The second kappa shape index (κ2) is 6.55. The number of carbonyl (C=O) groups is 1. The number of benzene rings is 1. The van der Waals surface area contributed by atoms with Crippen LogP contribution in [0, 0.1) is 0 Å². The normalized spacial score (nSPS) is 12.4. The quantitative estimate of drug-likeness (QED) is 0.620. The molecular weight excluding hydrogens is 294 g/mol. The van der Waals surface area contributed by atoms with Gasteiger partial charge < -0.3 is 16.2 Å². The Morgan fingerprint density at radius 2 is 2.09 bits per heavy atom. The van der Waals surface area contributed by atoms with Crippen molar-refractivity contribution in [3.63, 3.8) is 0 Å². The monoisotopic (exact) mass is 311 g/mol. The van der Waals surface area contributed by atoms with Crippen molar-refractivity contribution in [3.8, 4) is 0 Å². The largest absolute Gasteiger partial charge is 0.394 e. The Bertz CT molecular complexity index is 816. The number of hydrogen-bond acceptors (Lipinski definition) is 5. The summed E-state index contributed by atoms with van der Waals surface area (Å²) in [5.74, 6) is -0.553. The average Bonchev–Trinajstić information content (AvgIpc) is 3.00. The molecule has 3 rings (SSSR count). The van der Waals surface area contributed by atoms with Gasteiger partial charge in [-0.1, -0.05) is 30.3 Å². The highest BCUT2D eigenvalue weighted by molar-refractivity contribution is 5.98. The van der Waals surface area contributed by atoms with Crippen LogP contribution in [-0.4, -0.2) is 32.2 Å². The van der Waals surface area contributed by atoms with Crippen LogP contribution in [0.3, 0.4) is 0 Å². The van der Waals surface area contributed by atoms with Gasteiger partial charge in [0.15, 0.2) is 5.65 Å². The molecule has 0 bridgehead atoms. The lowest BCUT2D eigenvalue weighted by Crippen LogP contribution is -2.24. The first-order chi connectivity index (χ1) is 11.2. The van der Waals surface area contributed by atoms with Gasteiger partial charge in [-0.3, -0.25) is 4.79 Å². The van der Waals surface area contributed by atoms with E-state index < -0.39 is 5.91 Å². The summed E-state index contributed by atoms with van der Waals surface area (Å²) in [4.78, 5) is 15.5. The van der Waals surface area contributed by atoms with Gasteiger partial charge in [-0.15, -0.1) is 0 Å². The molecule has 7 nitrogen and oxygen atoms in total. The lowest BCUT2D eigenvalue weighted by molar-refractivity contribution is 0.100. The van der Waals surface area contributed by atoms with E-state index in [4.69, 9.17) is 5.73 Å². The Morgan fingerprint density at radius 1 is 1.30 bits per heavy atom. The van der Waals surface area contributed by atoms with Crippen LogP contribution < -0.4 is 11.1 Å². The third-order valence-corrected chi connectivity index (χ3v) is 3.61. The van der Waals surface area contributed by atoms with Crippen LogP contribution in [-0.2, 0) is 6.54 Å². The molecule has 1 amide bonds. The molecule has 0 fully saturated rings. The van der Waals surface area contributed by atoms with Crippen molar-refractivity contribution in [1.82, 2.24) is 19.9 Å². The number of nitrogens with two attached hydrogens (primary N) is 1. The zero-order valence-electron chi connectivity index (χ0n) is 12.4. The van der Waals surface area contributed by atoms with Crippen LogP contribution in [0.15, 0.2) is 48.9 Å². The van der Waals surface area contributed by atoms with Crippen molar-refractivity contribution in [2.75, 3.05) is 6.61 Å². The second-order valence-electron chi connectivity index (χ2n) is 5.18. The van der Waals surface area contributed by atoms with E-state index in [1.807, 2.05) is 30.3 Å². The van der Waals surface area contributed by atoms with Crippen molar-refractivity contribution in [2.45, 2.75) is 12.6 Å². The Labute approximate surface area is 132 Å². The maximum Gasteiger partial charge on any atom is 0.254 e. The fourth-order valence-electron chi connectivity index (χ4n) is 2.39. The maximum absolute atomic E-state index is 11.3. The summed E-state index contributed by atoms with van der Waals surface area (Å²) in [7, 11) is 0. The van der Waals surface area contributed by atoms with Crippen molar-refractivity contribution >= 4 is 11.6 Å². The number of nitrogens with one attached hydrogen (secondary N) is 1. The van der Waals surface area contributed by atoms with Crippen LogP contribution in [0.5, 0.6) is 0 Å². The summed E-state index contributed by atoms with van der Waals surface area (Å²) in [5, 5.41) is 16.9. The Hall–Kier alpha value is -2.77. The van der Waals surface area contributed by atoms with Crippen molar-refractivity contribution in [3.05, 3.63) is 65.6 Å². The number of carbonyl (C=O) groups excluding carboxylic acids is 1. The molecule has 0 saturated heterocycles. The predicted octanol–water partition coefficient (Wildman–Crippen LogP) is 0.651. The molecule has 3 aromatic rings. The van der Waals surface area contributed by atoms with Crippen LogP contribution in [0.1, 0.15) is 27.5 Å². The minimum atomic E-state index is -0.553. The third-order valence-electron chi connectivity index (χ3n) is 3.61. The molecule has 0 aliphatic heterocycles. The summed E-state index contributed by atoms with van der Waals surface area (Å²) in [6.07, 6.45) is 4.85. The van der Waals surface area contributed by atoms with Gasteiger partial charge in [0.1, 0.15) is 5.56 Å². The number of rotatable bonds is 6. The molecule has 118 valence electrons. The molecule has 0 radical (unpaired) electrons. The molecule has 2 aromatic heterocycles. The van der Waals surface area contributed by atoms with Gasteiger partial charge in [-0.05, 0) is 5.56 Å². The van der Waals surface area contributed by atoms with E-state index in [0.717, 1.165) is 11.1 Å². The standard InChI is InChI=1S/C16H17N5O2/c17-15(23)13-8-20-21-9-11(7-19-16(13)21)6-18-14(10-22)12-4-2-1-3-5-12/h1-5,7-9,14,18,22H,6,10H2,(H2,17,23)/t14-/m0/s1. The number of aliphatic hydroxyl groups is 1. The van der Waals surface area contributed by atoms with Gasteiger partial charge in [0.05, 0.1) is 18.8 Å². The van der Waals surface area contributed by atoms with E-state index in [0.29, 0.717) is 17.8 Å². The number of aromatic nitrogens is 3. The molecule has 2 heterocycles. The molecule has 0 aliphatic carbocycles. The van der Waals surface area contributed by atoms with Crippen molar-refractivity contribution in [1.29, 1.82) is 0 Å². The van der Waals surface area contributed by atoms with Gasteiger partial charge in [-0.25, -0.2) is 9.50 Å². The number of fused-ring (bicyclic) bond motifs is 1. The number of aliphatic hydroxyl groups excluding tert-OH is 1. The van der Waals surface area contributed by atoms with E-state index in [1.54, 1.807) is 12.4 Å². The number of hydrogen-bond donors (Lipinski definition) is 3. The highest BCUT2D eigenvalue weighted by atomic mass is 16.3. The third kappa shape index (κ3) is 3.20. The van der Waals surface area contributed by atoms with E-state index in [-0.39, 0.29) is 12.6 Å². The molecule has 0 spiro atoms. The number of amides is 1. The first-order valence-corrected chi connectivity index (χ1v) is 7.20. The molecule has 0 saturated carbocycles. The summed E-state index contributed by atoms with van der Waals surface area (Å²) < 4.78 is 1.52. The molecule has 1 aromatic carbocycles. The Balaban J connectivity index is 1.75. The minimum Gasteiger partial charge on any atom is -0.394 e. The Kier molecular flexibility index (Phi) is 4.31. The van der Waals surface area contributed by atoms with E-state index in [1.165, 1.54) is 10.7 Å². The second-order valence-corrected chi connectivity index (χ2v) is 5.18. The summed E-state index contributed by atoms with van der Waals surface area (Å²) in [5.41, 5.74) is 7.89. The zero-order valence-corrected chi connectivity index (χ0v) is 12.4. The van der Waals surface area contributed by atoms with E-state index >= 15 is 0 Å². The molecule has 4 N–H and O–H groups in total. The number of nitrogens with zero attached hydrogens (tertiary/aromatic N) is 3.